The van der Waals surface area contributed by atoms with Gasteiger partial charge in [-0.15, -0.1) is 0 Å². The van der Waals surface area contributed by atoms with Gasteiger partial charge in [-0.2, -0.15) is 0 Å². The molecule has 0 aliphatic heterocycles. The van der Waals surface area contributed by atoms with Gasteiger partial charge in [-0.05, 0) is 73.8 Å². The van der Waals surface area contributed by atoms with Crippen molar-refractivity contribution >= 4 is 11.6 Å². The summed E-state index contributed by atoms with van der Waals surface area (Å²) in [4.78, 5) is 0. The average Bonchev–Trinajstić information content (AvgIpc) is 2.38. The van der Waals surface area contributed by atoms with E-state index in [1.165, 1.54) is 6.07 Å². The SMILES string of the molecule is CNC(Cc1cc(F)ccc1C)c1cc(C)cc(Cl)c1. The highest BCUT2D eigenvalue weighted by Crippen LogP contribution is 2.24. The first-order valence-corrected chi connectivity index (χ1v) is 7.07. The van der Waals surface area contributed by atoms with Crippen LogP contribution in [-0.2, 0) is 6.42 Å². The topological polar surface area (TPSA) is 12.0 Å². The Labute approximate surface area is 124 Å². The molecule has 0 radical (unpaired) electrons. The van der Waals surface area contributed by atoms with E-state index in [1.54, 1.807) is 6.07 Å². The van der Waals surface area contributed by atoms with Crippen LogP contribution in [0.1, 0.15) is 28.3 Å². The van der Waals surface area contributed by atoms with Gasteiger partial charge in [-0.25, -0.2) is 4.39 Å². The van der Waals surface area contributed by atoms with Crippen LogP contribution < -0.4 is 5.32 Å². The van der Waals surface area contributed by atoms with Crippen molar-refractivity contribution in [3.63, 3.8) is 0 Å². The molecule has 0 amide bonds. The molecule has 3 heteroatoms. The minimum absolute atomic E-state index is 0.118. The standard InChI is InChI=1S/C17H19ClFN/c1-11-6-14(8-15(18)7-11)17(20-3)10-13-9-16(19)5-4-12(13)2/h4-9,17,20H,10H2,1-3H3. The predicted molar refractivity (Wildman–Crippen MR) is 82.8 cm³/mol. The fraction of sp³-hybridized carbons (Fsp3) is 0.294. The molecule has 0 aliphatic rings. The van der Waals surface area contributed by atoms with Gasteiger partial charge < -0.3 is 5.32 Å². The quantitative estimate of drug-likeness (QED) is 0.868. The van der Waals surface area contributed by atoms with Gasteiger partial charge in [0, 0.05) is 11.1 Å². The maximum atomic E-state index is 13.4. The Balaban J connectivity index is 2.30. The Morgan fingerprint density at radius 1 is 1.15 bits per heavy atom. The smallest absolute Gasteiger partial charge is 0.123 e. The zero-order valence-corrected chi connectivity index (χ0v) is 12.8. The van der Waals surface area contributed by atoms with Crippen molar-refractivity contribution in [1.82, 2.24) is 5.32 Å². The van der Waals surface area contributed by atoms with Gasteiger partial charge in [0.2, 0.25) is 0 Å². The Bertz CT molecular complexity index is 590. The monoisotopic (exact) mass is 291 g/mol. The average molecular weight is 292 g/mol. The summed E-state index contributed by atoms with van der Waals surface area (Å²) >= 11 is 6.12. The van der Waals surface area contributed by atoms with Crippen LogP contribution >= 0.6 is 11.6 Å². The van der Waals surface area contributed by atoms with Crippen molar-refractivity contribution in [1.29, 1.82) is 0 Å². The number of likely N-dealkylation sites (N-methyl/N-ethyl adjacent to an activating group) is 1. The van der Waals surface area contributed by atoms with E-state index in [9.17, 15) is 4.39 Å². The van der Waals surface area contributed by atoms with E-state index < -0.39 is 0 Å². The Hall–Kier alpha value is -1.38. The Morgan fingerprint density at radius 2 is 1.90 bits per heavy atom. The van der Waals surface area contributed by atoms with Crippen molar-refractivity contribution in [2.24, 2.45) is 0 Å². The van der Waals surface area contributed by atoms with E-state index in [4.69, 9.17) is 11.6 Å². The fourth-order valence-electron chi connectivity index (χ4n) is 2.43. The molecule has 0 fully saturated rings. The number of rotatable bonds is 4. The number of hydrogen-bond donors (Lipinski definition) is 1. The summed E-state index contributed by atoms with van der Waals surface area (Å²) < 4.78 is 13.4. The van der Waals surface area contributed by atoms with Gasteiger partial charge in [0.1, 0.15) is 5.82 Å². The zero-order valence-electron chi connectivity index (χ0n) is 12.0. The zero-order chi connectivity index (χ0) is 14.7. The minimum atomic E-state index is -0.192. The van der Waals surface area contributed by atoms with Crippen LogP contribution in [0.3, 0.4) is 0 Å². The van der Waals surface area contributed by atoms with Gasteiger partial charge in [0.15, 0.2) is 0 Å². The molecule has 0 saturated heterocycles. The first-order chi connectivity index (χ1) is 9.49. The van der Waals surface area contributed by atoms with Crippen LogP contribution in [0.2, 0.25) is 5.02 Å². The van der Waals surface area contributed by atoms with Crippen LogP contribution in [0, 0.1) is 19.7 Å². The van der Waals surface area contributed by atoms with Crippen molar-refractivity contribution in [3.05, 3.63) is 69.5 Å². The van der Waals surface area contributed by atoms with E-state index in [1.807, 2.05) is 39.1 Å². The van der Waals surface area contributed by atoms with E-state index >= 15 is 0 Å². The van der Waals surface area contributed by atoms with Crippen LogP contribution in [0.25, 0.3) is 0 Å². The second-order valence-corrected chi connectivity index (χ2v) is 5.61. The van der Waals surface area contributed by atoms with Gasteiger partial charge in [0.05, 0.1) is 0 Å². The third-order valence-electron chi connectivity index (χ3n) is 3.55. The highest BCUT2D eigenvalue weighted by atomic mass is 35.5. The Morgan fingerprint density at radius 3 is 2.55 bits per heavy atom. The van der Waals surface area contributed by atoms with E-state index in [-0.39, 0.29) is 11.9 Å². The predicted octanol–water partition coefficient (Wildman–Crippen LogP) is 4.60. The van der Waals surface area contributed by atoms with Gasteiger partial charge >= 0.3 is 0 Å². The second-order valence-electron chi connectivity index (χ2n) is 5.18. The van der Waals surface area contributed by atoms with E-state index in [0.29, 0.717) is 0 Å². The molecule has 2 aromatic rings. The summed E-state index contributed by atoms with van der Waals surface area (Å²) in [6.07, 6.45) is 0.736. The van der Waals surface area contributed by atoms with Gasteiger partial charge in [-0.1, -0.05) is 23.7 Å². The summed E-state index contributed by atoms with van der Waals surface area (Å²) in [7, 11) is 1.91. The van der Waals surface area contributed by atoms with E-state index in [2.05, 4.69) is 11.4 Å². The molecule has 0 aromatic heterocycles. The Kier molecular flexibility index (Phi) is 4.79. The van der Waals surface area contributed by atoms with Crippen LogP contribution in [0.15, 0.2) is 36.4 Å². The molecule has 0 bridgehead atoms. The molecule has 1 unspecified atom stereocenters. The third kappa shape index (κ3) is 3.59. The molecule has 1 N–H and O–H groups in total. The van der Waals surface area contributed by atoms with Crippen molar-refractivity contribution in [2.45, 2.75) is 26.3 Å². The van der Waals surface area contributed by atoms with Crippen molar-refractivity contribution in [2.75, 3.05) is 7.05 Å². The van der Waals surface area contributed by atoms with Crippen molar-refractivity contribution < 1.29 is 4.39 Å². The summed E-state index contributed by atoms with van der Waals surface area (Å²) in [5.41, 5.74) is 4.37. The lowest BCUT2D eigenvalue weighted by Crippen LogP contribution is -2.19. The molecule has 0 aliphatic carbocycles. The first-order valence-electron chi connectivity index (χ1n) is 6.69. The normalized spacial score (nSPS) is 12.4. The summed E-state index contributed by atoms with van der Waals surface area (Å²) in [6, 6.07) is 11.1. The molecular formula is C17H19ClFN. The number of nitrogens with one attached hydrogen (secondary N) is 1. The molecule has 0 saturated carbocycles. The largest absolute Gasteiger partial charge is 0.313 e. The lowest BCUT2D eigenvalue weighted by molar-refractivity contribution is 0.582. The lowest BCUT2D eigenvalue weighted by Gasteiger charge is -2.19. The molecule has 2 aromatic carbocycles. The van der Waals surface area contributed by atoms with Crippen LogP contribution in [0.4, 0.5) is 4.39 Å². The minimum Gasteiger partial charge on any atom is -0.313 e. The molecule has 0 heterocycles. The lowest BCUT2D eigenvalue weighted by atomic mass is 9.95. The summed E-state index contributed by atoms with van der Waals surface area (Å²) in [5, 5.41) is 4.02. The highest BCUT2D eigenvalue weighted by molar-refractivity contribution is 6.30. The highest BCUT2D eigenvalue weighted by Gasteiger charge is 2.13. The third-order valence-corrected chi connectivity index (χ3v) is 3.77. The molecule has 1 atom stereocenters. The second kappa shape index (κ2) is 6.38. The molecule has 20 heavy (non-hydrogen) atoms. The number of benzene rings is 2. The fourth-order valence-corrected chi connectivity index (χ4v) is 2.73. The molecule has 2 rings (SSSR count). The molecule has 1 nitrogen and oxygen atoms in total. The number of hydrogen-bond acceptors (Lipinski definition) is 1. The van der Waals surface area contributed by atoms with Gasteiger partial charge in [-0.3, -0.25) is 0 Å². The van der Waals surface area contributed by atoms with Crippen LogP contribution in [0.5, 0.6) is 0 Å². The van der Waals surface area contributed by atoms with Gasteiger partial charge in [0.25, 0.3) is 0 Å². The summed E-state index contributed by atoms with van der Waals surface area (Å²) in [6.45, 7) is 4.03. The van der Waals surface area contributed by atoms with Crippen molar-refractivity contribution in [3.8, 4) is 0 Å². The number of aryl methyl sites for hydroxylation is 2. The molecule has 0 spiro atoms. The maximum absolute atomic E-state index is 13.4. The summed E-state index contributed by atoms with van der Waals surface area (Å²) in [5.74, 6) is -0.192. The molecule has 106 valence electrons. The maximum Gasteiger partial charge on any atom is 0.123 e. The number of halogens is 2. The van der Waals surface area contributed by atoms with E-state index in [0.717, 1.165) is 33.7 Å². The molecular weight excluding hydrogens is 273 g/mol. The van der Waals surface area contributed by atoms with Crippen LogP contribution in [-0.4, -0.2) is 7.05 Å². The first kappa shape index (κ1) is 15.0.